The van der Waals surface area contributed by atoms with Crippen molar-refractivity contribution >= 4 is 50.9 Å². The minimum Gasteiger partial charge on any atom is -0.324 e. The highest BCUT2D eigenvalue weighted by atomic mass is 79.9. The van der Waals surface area contributed by atoms with Gasteiger partial charge in [-0.2, -0.15) is 4.68 Å². The van der Waals surface area contributed by atoms with Gasteiger partial charge in [-0.25, -0.2) is 0 Å². The maximum absolute atomic E-state index is 12.5. The first kappa shape index (κ1) is 18.9. The summed E-state index contributed by atoms with van der Waals surface area (Å²) < 4.78 is 2.42. The van der Waals surface area contributed by atoms with Gasteiger partial charge in [-0.1, -0.05) is 29.4 Å². The Hall–Kier alpha value is -1.90. The quantitative estimate of drug-likeness (QED) is 0.577. The van der Waals surface area contributed by atoms with Gasteiger partial charge in [0.25, 0.3) is 0 Å². The number of aromatic nitrogens is 4. The SMILES string of the molecule is Cc1ccc(NC(=O)C(C)Sc2nnnn2-c2ccc(Cl)cc2)c(Br)c1. The lowest BCUT2D eigenvalue weighted by Gasteiger charge is -2.13. The molecule has 1 N–H and O–H groups in total. The van der Waals surface area contributed by atoms with E-state index in [1.54, 1.807) is 16.8 Å². The number of nitrogens with one attached hydrogen (secondary N) is 1. The Morgan fingerprint density at radius 2 is 2.00 bits per heavy atom. The lowest BCUT2D eigenvalue weighted by Crippen LogP contribution is -2.23. The van der Waals surface area contributed by atoms with Crippen LogP contribution in [0.25, 0.3) is 5.69 Å². The molecular formula is C17H15BrClN5OS. The Balaban J connectivity index is 1.72. The third-order valence-corrected chi connectivity index (χ3v) is 5.49. The molecule has 0 saturated carbocycles. The number of tetrazole rings is 1. The molecule has 0 aliphatic rings. The molecule has 1 unspecified atom stereocenters. The van der Waals surface area contributed by atoms with E-state index in [0.29, 0.717) is 10.2 Å². The number of anilines is 1. The van der Waals surface area contributed by atoms with Gasteiger partial charge in [0.15, 0.2) is 0 Å². The first-order chi connectivity index (χ1) is 12.4. The van der Waals surface area contributed by atoms with Crippen LogP contribution in [0.1, 0.15) is 12.5 Å². The molecule has 0 saturated heterocycles. The summed E-state index contributed by atoms with van der Waals surface area (Å²) in [6, 6.07) is 12.9. The molecular weight excluding hydrogens is 438 g/mol. The van der Waals surface area contributed by atoms with Crippen molar-refractivity contribution < 1.29 is 4.79 Å². The highest BCUT2D eigenvalue weighted by Gasteiger charge is 2.20. The maximum Gasteiger partial charge on any atom is 0.237 e. The van der Waals surface area contributed by atoms with E-state index in [-0.39, 0.29) is 11.2 Å². The second-order valence-electron chi connectivity index (χ2n) is 5.58. The second-order valence-corrected chi connectivity index (χ2v) is 8.18. The molecule has 3 aromatic rings. The predicted molar refractivity (Wildman–Crippen MR) is 107 cm³/mol. The summed E-state index contributed by atoms with van der Waals surface area (Å²) in [5.74, 6) is -0.134. The van der Waals surface area contributed by atoms with E-state index in [1.807, 2.05) is 44.2 Å². The molecule has 26 heavy (non-hydrogen) atoms. The molecule has 1 aromatic heterocycles. The number of hydrogen-bond acceptors (Lipinski definition) is 5. The van der Waals surface area contributed by atoms with Gasteiger partial charge in [-0.3, -0.25) is 4.79 Å². The molecule has 134 valence electrons. The van der Waals surface area contributed by atoms with Crippen LogP contribution in [0.15, 0.2) is 52.1 Å². The number of rotatable bonds is 5. The molecule has 0 radical (unpaired) electrons. The molecule has 0 aliphatic carbocycles. The highest BCUT2D eigenvalue weighted by Crippen LogP contribution is 2.27. The van der Waals surface area contributed by atoms with Gasteiger partial charge in [0.2, 0.25) is 11.1 Å². The Morgan fingerprint density at radius 1 is 1.27 bits per heavy atom. The number of amides is 1. The average molecular weight is 453 g/mol. The van der Waals surface area contributed by atoms with Crippen LogP contribution in [0.2, 0.25) is 5.02 Å². The molecule has 0 aliphatic heterocycles. The molecule has 9 heteroatoms. The van der Waals surface area contributed by atoms with Gasteiger partial charge in [0, 0.05) is 9.50 Å². The van der Waals surface area contributed by atoms with Crippen molar-refractivity contribution in [3.8, 4) is 5.69 Å². The highest BCUT2D eigenvalue weighted by molar-refractivity contribution is 9.10. The van der Waals surface area contributed by atoms with Crippen molar-refractivity contribution in [3.63, 3.8) is 0 Å². The summed E-state index contributed by atoms with van der Waals surface area (Å²) in [6.07, 6.45) is 0. The van der Waals surface area contributed by atoms with E-state index in [0.717, 1.165) is 21.4 Å². The zero-order chi connectivity index (χ0) is 18.7. The summed E-state index contributed by atoms with van der Waals surface area (Å²) in [6.45, 7) is 3.80. The fourth-order valence-corrected chi connectivity index (χ4v) is 3.69. The number of nitrogens with zero attached hydrogens (tertiary/aromatic N) is 4. The van der Waals surface area contributed by atoms with E-state index in [1.165, 1.54) is 11.8 Å². The zero-order valence-corrected chi connectivity index (χ0v) is 17.1. The summed E-state index contributed by atoms with van der Waals surface area (Å²) in [7, 11) is 0. The normalized spacial score (nSPS) is 12.0. The van der Waals surface area contributed by atoms with Gasteiger partial charge in [-0.15, -0.1) is 5.10 Å². The topological polar surface area (TPSA) is 72.7 Å². The van der Waals surface area contributed by atoms with Crippen LogP contribution in [-0.2, 0) is 4.79 Å². The van der Waals surface area contributed by atoms with Crippen LogP contribution in [0, 0.1) is 6.92 Å². The number of aryl methyl sites for hydroxylation is 1. The molecule has 1 amide bonds. The summed E-state index contributed by atoms with van der Waals surface area (Å²) in [5.41, 5.74) is 2.61. The first-order valence-corrected chi connectivity index (χ1v) is 9.77. The van der Waals surface area contributed by atoms with Gasteiger partial charge < -0.3 is 5.32 Å². The molecule has 0 bridgehead atoms. The Morgan fingerprint density at radius 3 is 2.69 bits per heavy atom. The molecule has 1 heterocycles. The van der Waals surface area contributed by atoms with Crippen molar-refractivity contribution in [3.05, 3.63) is 57.5 Å². The van der Waals surface area contributed by atoms with Crippen LogP contribution in [-0.4, -0.2) is 31.4 Å². The molecule has 3 rings (SSSR count). The van der Waals surface area contributed by atoms with E-state index < -0.39 is 0 Å². The number of hydrogen-bond donors (Lipinski definition) is 1. The van der Waals surface area contributed by atoms with Crippen molar-refractivity contribution in [2.45, 2.75) is 24.3 Å². The van der Waals surface area contributed by atoms with Crippen molar-refractivity contribution in [1.82, 2.24) is 20.2 Å². The minimum atomic E-state index is -0.389. The van der Waals surface area contributed by atoms with Crippen LogP contribution in [0.4, 0.5) is 5.69 Å². The lowest BCUT2D eigenvalue weighted by molar-refractivity contribution is -0.115. The Kier molecular flexibility index (Phi) is 5.95. The standard InChI is InChI=1S/C17H15BrClN5OS/c1-10-3-8-15(14(18)9-10)20-16(25)11(2)26-17-21-22-23-24(17)13-6-4-12(19)5-7-13/h3-9,11H,1-2H3,(H,20,25). The Labute approximate surface area is 168 Å². The van der Waals surface area contributed by atoms with E-state index in [4.69, 9.17) is 11.6 Å². The van der Waals surface area contributed by atoms with Crippen molar-refractivity contribution in [2.75, 3.05) is 5.32 Å². The molecule has 2 aromatic carbocycles. The van der Waals surface area contributed by atoms with Gasteiger partial charge in [0.05, 0.1) is 16.6 Å². The van der Waals surface area contributed by atoms with E-state index in [2.05, 4.69) is 36.8 Å². The van der Waals surface area contributed by atoms with E-state index in [9.17, 15) is 4.79 Å². The van der Waals surface area contributed by atoms with Gasteiger partial charge >= 0.3 is 0 Å². The third kappa shape index (κ3) is 4.44. The number of carbonyl (C=O) groups excluding carboxylic acids is 1. The molecule has 6 nitrogen and oxygen atoms in total. The van der Waals surface area contributed by atoms with Crippen LogP contribution < -0.4 is 5.32 Å². The number of carbonyl (C=O) groups is 1. The zero-order valence-electron chi connectivity index (χ0n) is 14.0. The lowest BCUT2D eigenvalue weighted by atomic mass is 10.2. The summed E-state index contributed by atoms with van der Waals surface area (Å²) in [4.78, 5) is 12.5. The molecule has 1 atom stereocenters. The monoisotopic (exact) mass is 451 g/mol. The van der Waals surface area contributed by atoms with Gasteiger partial charge in [-0.05, 0) is 82.2 Å². The van der Waals surface area contributed by atoms with Gasteiger partial charge in [0.1, 0.15) is 0 Å². The first-order valence-electron chi connectivity index (χ1n) is 7.72. The largest absolute Gasteiger partial charge is 0.324 e. The second kappa shape index (κ2) is 8.20. The molecule has 0 fully saturated rings. The Bertz CT molecular complexity index is 931. The van der Waals surface area contributed by atoms with Crippen LogP contribution in [0.3, 0.4) is 0 Å². The third-order valence-electron chi connectivity index (χ3n) is 3.55. The molecule has 0 spiro atoms. The van der Waals surface area contributed by atoms with Crippen molar-refractivity contribution in [1.29, 1.82) is 0 Å². The summed E-state index contributed by atoms with van der Waals surface area (Å²) in [5, 5.41) is 15.4. The fraction of sp³-hybridized carbons (Fsp3) is 0.176. The fourth-order valence-electron chi connectivity index (χ4n) is 2.16. The number of thioether (sulfide) groups is 1. The van der Waals surface area contributed by atoms with Crippen molar-refractivity contribution in [2.24, 2.45) is 0 Å². The smallest absolute Gasteiger partial charge is 0.237 e. The predicted octanol–water partition coefficient (Wildman–Crippen LogP) is 4.51. The van der Waals surface area contributed by atoms with Crippen LogP contribution >= 0.6 is 39.3 Å². The summed E-state index contributed by atoms with van der Waals surface area (Å²) >= 11 is 10.7. The average Bonchev–Trinajstić information content (AvgIpc) is 3.06. The van der Waals surface area contributed by atoms with E-state index >= 15 is 0 Å². The maximum atomic E-state index is 12.5. The number of benzene rings is 2. The number of halogens is 2. The van der Waals surface area contributed by atoms with Crippen LogP contribution in [0.5, 0.6) is 0 Å². The minimum absolute atomic E-state index is 0.134.